The molecule has 1 aromatic heterocycles. The molecule has 2 rings (SSSR count). The largest absolute Gasteiger partial charge is 0.356 e. The van der Waals surface area contributed by atoms with Crippen LogP contribution in [0.25, 0.3) is 0 Å². The van der Waals surface area contributed by atoms with Gasteiger partial charge in [-0.15, -0.1) is 0 Å². The Morgan fingerprint density at radius 1 is 1.52 bits per heavy atom. The summed E-state index contributed by atoms with van der Waals surface area (Å²) in [6.07, 6.45) is 0.748. The summed E-state index contributed by atoms with van der Waals surface area (Å²) in [6.45, 7) is 3.64. The molecule has 7 heteroatoms. The molecule has 0 radical (unpaired) electrons. The molecule has 0 bridgehead atoms. The van der Waals surface area contributed by atoms with Crippen molar-refractivity contribution in [1.82, 2.24) is 10.6 Å². The molecule has 1 saturated heterocycles. The summed E-state index contributed by atoms with van der Waals surface area (Å²) in [5.41, 5.74) is 1.32. The predicted octanol–water partition coefficient (Wildman–Crippen LogP) is 1.45. The lowest BCUT2D eigenvalue weighted by molar-refractivity contribution is 0.565. The second kappa shape index (κ2) is 7.26. The molecule has 0 aliphatic carbocycles. The summed E-state index contributed by atoms with van der Waals surface area (Å²) in [4.78, 5) is 4.19. The van der Waals surface area contributed by atoms with Gasteiger partial charge in [0, 0.05) is 20.1 Å². The predicted molar refractivity (Wildman–Crippen MR) is 88.9 cm³/mol. The molecular weight excluding hydrogens is 306 g/mol. The van der Waals surface area contributed by atoms with Gasteiger partial charge in [-0.25, -0.2) is 8.42 Å². The highest BCUT2D eigenvalue weighted by Gasteiger charge is 2.27. The zero-order valence-electron chi connectivity index (χ0n) is 12.5. The fourth-order valence-corrected chi connectivity index (χ4v) is 5.06. The molecule has 2 N–H and O–H groups in total. The van der Waals surface area contributed by atoms with E-state index < -0.39 is 9.84 Å². The maximum absolute atomic E-state index is 11.4. The lowest BCUT2D eigenvalue weighted by Crippen LogP contribution is -2.41. The van der Waals surface area contributed by atoms with Crippen molar-refractivity contribution in [3.8, 4) is 0 Å². The van der Waals surface area contributed by atoms with Crippen molar-refractivity contribution in [2.75, 3.05) is 31.6 Å². The first-order valence-corrected chi connectivity index (χ1v) is 9.93. The van der Waals surface area contributed by atoms with Gasteiger partial charge in [-0.2, -0.15) is 11.3 Å². The molecule has 0 spiro atoms. The summed E-state index contributed by atoms with van der Waals surface area (Å²) in [5.74, 6) is 1.97. The van der Waals surface area contributed by atoms with Gasteiger partial charge in [-0.05, 0) is 40.6 Å². The summed E-state index contributed by atoms with van der Waals surface area (Å²) >= 11 is 1.70. The highest BCUT2D eigenvalue weighted by Crippen LogP contribution is 2.18. The fourth-order valence-electron chi connectivity index (χ4n) is 2.42. The Balaban J connectivity index is 1.74. The third-order valence-electron chi connectivity index (χ3n) is 3.80. The van der Waals surface area contributed by atoms with Crippen molar-refractivity contribution in [2.24, 2.45) is 10.9 Å². The maximum atomic E-state index is 11.4. The number of aliphatic imine (C=N–C) groups is 1. The van der Waals surface area contributed by atoms with Gasteiger partial charge >= 0.3 is 0 Å². The van der Waals surface area contributed by atoms with E-state index >= 15 is 0 Å². The highest BCUT2D eigenvalue weighted by atomic mass is 32.2. The lowest BCUT2D eigenvalue weighted by atomic mass is 10.1. The number of hydrogen-bond donors (Lipinski definition) is 2. The van der Waals surface area contributed by atoms with Gasteiger partial charge in [0.15, 0.2) is 15.8 Å². The molecule has 0 amide bonds. The zero-order chi connectivity index (χ0) is 15.3. The normalized spacial score (nSPS) is 23.0. The van der Waals surface area contributed by atoms with Crippen LogP contribution in [0.4, 0.5) is 0 Å². The third-order valence-corrected chi connectivity index (χ3v) is 6.33. The van der Waals surface area contributed by atoms with Crippen molar-refractivity contribution in [3.05, 3.63) is 22.4 Å². The number of guanidine groups is 1. The molecular formula is C14H23N3O2S2. The number of nitrogens with zero attached hydrogens (tertiary/aromatic N) is 1. The highest BCUT2D eigenvalue weighted by molar-refractivity contribution is 7.91. The van der Waals surface area contributed by atoms with Crippen LogP contribution in [0, 0.1) is 5.92 Å². The summed E-state index contributed by atoms with van der Waals surface area (Å²) < 4.78 is 22.9. The fraction of sp³-hybridized carbons (Fsp3) is 0.643. The number of sulfone groups is 1. The average molecular weight is 329 g/mol. The topological polar surface area (TPSA) is 70.6 Å². The van der Waals surface area contributed by atoms with E-state index in [0.29, 0.717) is 24.0 Å². The first-order valence-electron chi connectivity index (χ1n) is 7.17. The number of hydrogen-bond acceptors (Lipinski definition) is 4. The van der Waals surface area contributed by atoms with E-state index in [-0.39, 0.29) is 5.92 Å². The second-order valence-electron chi connectivity index (χ2n) is 5.56. The van der Waals surface area contributed by atoms with Crippen LogP contribution >= 0.6 is 11.3 Å². The molecule has 1 aliphatic rings. The Kier molecular flexibility index (Phi) is 5.64. The lowest BCUT2D eigenvalue weighted by Gasteiger charge is -2.17. The van der Waals surface area contributed by atoms with Gasteiger partial charge in [0.1, 0.15) is 0 Å². The first-order chi connectivity index (χ1) is 10.00. The van der Waals surface area contributed by atoms with Crippen LogP contribution in [0.3, 0.4) is 0 Å². The van der Waals surface area contributed by atoms with Crippen LogP contribution < -0.4 is 10.6 Å². The van der Waals surface area contributed by atoms with Crippen molar-refractivity contribution in [1.29, 1.82) is 0 Å². The second-order valence-corrected chi connectivity index (χ2v) is 8.57. The van der Waals surface area contributed by atoms with Crippen LogP contribution in [-0.2, 0) is 9.84 Å². The monoisotopic (exact) mass is 329 g/mol. The van der Waals surface area contributed by atoms with Crippen molar-refractivity contribution < 1.29 is 8.42 Å². The molecule has 5 nitrogen and oxygen atoms in total. The van der Waals surface area contributed by atoms with Crippen molar-refractivity contribution in [2.45, 2.75) is 19.3 Å². The Labute approximate surface area is 130 Å². The van der Waals surface area contributed by atoms with Gasteiger partial charge in [-0.3, -0.25) is 4.99 Å². The summed E-state index contributed by atoms with van der Waals surface area (Å²) in [6, 6.07) is 2.14. The summed E-state index contributed by atoms with van der Waals surface area (Å²) in [5, 5.41) is 10.8. The molecule has 1 fully saturated rings. The smallest absolute Gasteiger partial charge is 0.191 e. The SMILES string of the molecule is CN=C(NCC1CCS(=O)(=O)C1)NCC(C)c1ccsc1. The van der Waals surface area contributed by atoms with Crippen LogP contribution in [0.5, 0.6) is 0 Å². The van der Waals surface area contributed by atoms with Crippen molar-refractivity contribution in [3.63, 3.8) is 0 Å². The van der Waals surface area contributed by atoms with Crippen LogP contribution in [0.15, 0.2) is 21.8 Å². The van der Waals surface area contributed by atoms with Gasteiger partial charge in [-0.1, -0.05) is 6.92 Å². The minimum atomic E-state index is -2.80. The van der Waals surface area contributed by atoms with E-state index in [1.807, 2.05) is 0 Å². The Hall–Kier alpha value is -1.08. The Morgan fingerprint density at radius 2 is 2.33 bits per heavy atom. The molecule has 2 atom stereocenters. The van der Waals surface area contributed by atoms with E-state index in [2.05, 4.69) is 39.4 Å². The van der Waals surface area contributed by atoms with E-state index in [0.717, 1.165) is 18.9 Å². The zero-order valence-corrected chi connectivity index (χ0v) is 14.1. The molecule has 118 valence electrons. The Morgan fingerprint density at radius 3 is 2.90 bits per heavy atom. The standard InChI is InChI=1S/C14H23N3O2S2/c1-11(13-3-5-20-9-13)7-16-14(15-2)17-8-12-4-6-21(18,19)10-12/h3,5,9,11-12H,4,6-8,10H2,1-2H3,(H2,15,16,17). The third kappa shape index (κ3) is 5.00. The van der Waals surface area contributed by atoms with Crippen LogP contribution in [0.2, 0.25) is 0 Å². The summed E-state index contributed by atoms with van der Waals surface area (Å²) in [7, 11) is -1.07. The average Bonchev–Trinajstić information content (AvgIpc) is 3.08. The molecule has 2 heterocycles. The number of nitrogens with one attached hydrogen (secondary N) is 2. The molecule has 21 heavy (non-hydrogen) atoms. The first kappa shape index (κ1) is 16.3. The van der Waals surface area contributed by atoms with E-state index in [9.17, 15) is 8.42 Å². The van der Waals surface area contributed by atoms with E-state index in [1.165, 1.54) is 5.56 Å². The minimum absolute atomic E-state index is 0.197. The Bertz CT molecular complexity index is 567. The molecule has 0 aromatic carbocycles. The van der Waals surface area contributed by atoms with Gasteiger partial charge < -0.3 is 10.6 Å². The van der Waals surface area contributed by atoms with Crippen LogP contribution in [-0.4, -0.2) is 46.0 Å². The van der Waals surface area contributed by atoms with Crippen LogP contribution in [0.1, 0.15) is 24.8 Å². The van der Waals surface area contributed by atoms with Gasteiger partial charge in [0.2, 0.25) is 0 Å². The molecule has 2 unspecified atom stereocenters. The van der Waals surface area contributed by atoms with Gasteiger partial charge in [0.25, 0.3) is 0 Å². The molecule has 1 aromatic rings. The van der Waals surface area contributed by atoms with Crippen molar-refractivity contribution >= 4 is 27.1 Å². The van der Waals surface area contributed by atoms with Gasteiger partial charge in [0.05, 0.1) is 11.5 Å². The maximum Gasteiger partial charge on any atom is 0.191 e. The minimum Gasteiger partial charge on any atom is -0.356 e. The van der Waals surface area contributed by atoms with E-state index in [1.54, 1.807) is 18.4 Å². The molecule has 1 aliphatic heterocycles. The number of thiophene rings is 1. The number of rotatable bonds is 5. The molecule has 0 saturated carbocycles. The quantitative estimate of drug-likeness (QED) is 0.634. The van der Waals surface area contributed by atoms with E-state index in [4.69, 9.17) is 0 Å².